The third kappa shape index (κ3) is 2.26. The number of benzene rings is 1. The number of hydrogen-bond acceptors (Lipinski definition) is 3. The van der Waals surface area contributed by atoms with E-state index in [1.165, 1.54) is 6.20 Å². The first kappa shape index (κ1) is 13.4. The molecule has 0 unspecified atom stereocenters. The first-order valence-corrected chi connectivity index (χ1v) is 7.43. The highest BCUT2D eigenvalue weighted by atomic mass is 79.9. The van der Waals surface area contributed by atoms with Gasteiger partial charge in [-0.15, -0.1) is 0 Å². The fourth-order valence-electron chi connectivity index (χ4n) is 2.33. The van der Waals surface area contributed by atoms with Gasteiger partial charge in [0.05, 0.1) is 12.1 Å². The van der Waals surface area contributed by atoms with Crippen molar-refractivity contribution in [2.24, 2.45) is 0 Å². The zero-order valence-corrected chi connectivity index (χ0v) is 12.6. The van der Waals surface area contributed by atoms with Crippen LogP contribution in [-0.2, 0) is 4.74 Å². The Morgan fingerprint density at radius 3 is 2.85 bits per heavy atom. The molecule has 0 spiro atoms. The van der Waals surface area contributed by atoms with Gasteiger partial charge in [-0.05, 0) is 43.4 Å². The zero-order valence-electron chi connectivity index (χ0n) is 11.0. The van der Waals surface area contributed by atoms with E-state index in [0.717, 1.165) is 28.4 Å². The molecule has 20 heavy (non-hydrogen) atoms. The molecule has 2 aromatic rings. The molecule has 104 valence electrons. The molecule has 0 atom stereocenters. The number of fused-ring (bicyclic) bond motifs is 1. The molecule has 0 aliphatic heterocycles. The lowest BCUT2D eigenvalue weighted by atomic mass is 10.1. The van der Waals surface area contributed by atoms with Gasteiger partial charge >= 0.3 is 5.97 Å². The van der Waals surface area contributed by atoms with Crippen LogP contribution in [0.3, 0.4) is 0 Å². The molecule has 0 radical (unpaired) electrons. The number of esters is 1. The first-order chi connectivity index (χ1) is 9.61. The Labute approximate surface area is 124 Å². The van der Waals surface area contributed by atoms with Gasteiger partial charge < -0.3 is 9.72 Å². The lowest BCUT2D eigenvalue weighted by Crippen LogP contribution is -2.18. The molecule has 0 amide bonds. The Bertz CT molecular complexity index is 747. The molecule has 3 rings (SSSR count). The van der Waals surface area contributed by atoms with Crippen molar-refractivity contribution in [2.45, 2.75) is 25.7 Å². The van der Waals surface area contributed by atoms with Gasteiger partial charge in [0, 0.05) is 16.1 Å². The van der Waals surface area contributed by atoms with Crippen molar-refractivity contribution in [3.8, 4) is 0 Å². The van der Waals surface area contributed by atoms with Gasteiger partial charge in [0.15, 0.2) is 0 Å². The van der Waals surface area contributed by atoms with Crippen LogP contribution in [0.2, 0.25) is 0 Å². The summed E-state index contributed by atoms with van der Waals surface area (Å²) in [5.74, 6) is -0.0500. The van der Waals surface area contributed by atoms with Crippen molar-refractivity contribution in [2.75, 3.05) is 6.61 Å². The maximum absolute atomic E-state index is 12.4. The van der Waals surface area contributed by atoms with Crippen LogP contribution in [0.1, 0.15) is 41.6 Å². The van der Waals surface area contributed by atoms with Crippen molar-refractivity contribution >= 4 is 32.8 Å². The summed E-state index contributed by atoms with van der Waals surface area (Å²) in [6, 6.07) is 3.79. The van der Waals surface area contributed by atoms with Crippen LogP contribution in [0.25, 0.3) is 10.9 Å². The molecular formula is C15H14BrNO3. The van der Waals surface area contributed by atoms with E-state index >= 15 is 0 Å². The normalized spacial score (nSPS) is 14.5. The fourth-order valence-corrected chi connectivity index (χ4v) is 2.99. The molecule has 1 saturated carbocycles. The van der Waals surface area contributed by atoms with E-state index in [2.05, 4.69) is 20.9 Å². The highest BCUT2D eigenvalue weighted by Gasteiger charge is 2.26. The predicted octanol–water partition coefficient (Wildman–Crippen LogP) is 3.34. The van der Waals surface area contributed by atoms with Crippen LogP contribution in [0.15, 0.2) is 27.6 Å². The molecule has 1 aliphatic rings. The lowest BCUT2D eigenvalue weighted by molar-refractivity contribution is 0.0524. The van der Waals surface area contributed by atoms with Gasteiger partial charge in [-0.25, -0.2) is 4.79 Å². The molecular weight excluding hydrogens is 322 g/mol. The summed E-state index contributed by atoms with van der Waals surface area (Å²) in [6.07, 6.45) is 3.73. The van der Waals surface area contributed by atoms with Gasteiger partial charge in [0.2, 0.25) is 5.43 Å². The Hall–Kier alpha value is -1.62. The highest BCUT2D eigenvalue weighted by molar-refractivity contribution is 9.10. The van der Waals surface area contributed by atoms with Crippen molar-refractivity contribution in [1.29, 1.82) is 0 Å². The van der Waals surface area contributed by atoms with Gasteiger partial charge in [-0.1, -0.05) is 15.9 Å². The molecule has 1 N–H and O–H groups in total. The Morgan fingerprint density at radius 2 is 2.20 bits per heavy atom. The second-order valence-corrected chi connectivity index (χ2v) is 5.80. The molecule has 1 aromatic carbocycles. The van der Waals surface area contributed by atoms with E-state index in [0.29, 0.717) is 11.3 Å². The quantitative estimate of drug-likeness (QED) is 0.875. The van der Waals surface area contributed by atoms with E-state index in [9.17, 15) is 9.59 Å². The molecule has 1 heterocycles. The Kier molecular flexibility index (Phi) is 3.38. The maximum atomic E-state index is 12.4. The van der Waals surface area contributed by atoms with Gasteiger partial charge in [-0.2, -0.15) is 0 Å². The number of carbonyl (C=O) groups excluding carboxylic acids is 1. The van der Waals surface area contributed by atoms with Crippen LogP contribution >= 0.6 is 15.9 Å². The topological polar surface area (TPSA) is 59.2 Å². The van der Waals surface area contributed by atoms with Crippen LogP contribution in [0.4, 0.5) is 0 Å². The summed E-state index contributed by atoms with van der Waals surface area (Å²) in [4.78, 5) is 27.2. The predicted molar refractivity (Wildman–Crippen MR) is 80.2 cm³/mol. The number of halogens is 1. The number of hydrogen-bond donors (Lipinski definition) is 1. The largest absolute Gasteiger partial charge is 0.462 e. The van der Waals surface area contributed by atoms with Crippen molar-refractivity contribution in [3.05, 3.63) is 44.2 Å². The molecule has 5 heteroatoms. The van der Waals surface area contributed by atoms with Gasteiger partial charge in [0.1, 0.15) is 5.56 Å². The van der Waals surface area contributed by atoms with E-state index < -0.39 is 5.97 Å². The number of aromatic nitrogens is 1. The average molecular weight is 336 g/mol. The number of ether oxygens (including phenoxy) is 1. The molecule has 1 fully saturated rings. The summed E-state index contributed by atoms with van der Waals surface area (Å²) >= 11 is 3.54. The van der Waals surface area contributed by atoms with Crippen molar-refractivity contribution in [1.82, 2.24) is 4.98 Å². The zero-order chi connectivity index (χ0) is 14.3. The van der Waals surface area contributed by atoms with E-state index in [1.54, 1.807) is 6.92 Å². The van der Waals surface area contributed by atoms with Gasteiger partial charge in [0.25, 0.3) is 0 Å². The number of aromatic amines is 1. The monoisotopic (exact) mass is 335 g/mol. The van der Waals surface area contributed by atoms with E-state index in [4.69, 9.17) is 4.74 Å². The van der Waals surface area contributed by atoms with Crippen LogP contribution < -0.4 is 5.43 Å². The SMILES string of the molecule is CCOC(=O)c1c[nH]c2cc(Br)c(C3CC3)cc2c1=O. The smallest absolute Gasteiger partial charge is 0.343 e. The standard InChI is InChI=1S/C15H14BrNO3/c1-2-20-15(19)11-7-17-13-6-12(16)9(8-3-4-8)5-10(13)14(11)18/h5-8H,2-4H2,1H3,(H,17,18). The fraction of sp³-hybridized carbons (Fsp3) is 0.333. The first-order valence-electron chi connectivity index (χ1n) is 6.63. The second kappa shape index (κ2) is 5.05. The highest BCUT2D eigenvalue weighted by Crippen LogP contribution is 2.44. The number of nitrogens with one attached hydrogen (secondary N) is 1. The Balaban J connectivity index is 2.18. The number of carbonyl (C=O) groups is 1. The van der Waals surface area contributed by atoms with Crippen molar-refractivity contribution in [3.63, 3.8) is 0 Å². The number of H-pyrrole nitrogens is 1. The minimum atomic E-state index is -0.577. The molecule has 1 aliphatic carbocycles. The summed E-state index contributed by atoms with van der Waals surface area (Å²) in [5, 5.41) is 0.542. The summed E-state index contributed by atoms with van der Waals surface area (Å²) in [7, 11) is 0. The molecule has 0 bridgehead atoms. The average Bonchev–Trinajstić information content (AvgIpc) is 3.23. The van der Waals surface area contributed by atoms with E-state index in [1.807, 2.05) is 12.1 Å². The van der Waals surface area contributed by atoms with Crippen LogP contribution in [0, 0.1) is 0 Å². The van der Waals surface area contributed by atoms with E-state index in [-0.39, 0.29) is 17.6 Å². The van der Waals surface area contributed by atoms with Crippen LogP contribution in [0.5, 0.6) is 0 Å². The molecule has 1 aromatic heterocycles. The molecule has 0 saturated heterocycles. The lowest BCUT2D eigenvalue weighted by Gasteiger charge is -2.07. The second-order valence-electron chi connectivity index (χ2n) is 4.95. The summed E-state index contributed by atoms with van der Waals surface area (Å²) in [6.45, 7) is 1.97. The minimum absolute atomic E-state index is 0.0587. The minimum Gasteiger partial charge on any atom is -0.462 e. The Morgan fingerprint density at radius 1 is 1.45 bits per heavy atom. The van der Waals surface area contributed by atoms with Gasteiger partial charge in [-0.3, -0.25) is 4.79 Å². The molecule has 4 nitrogen and oxygen atoms in total. The maximum Gasteiger partial charge on any atom is 0.343 e. The number of rotatable bonds is 3. The number of pyridine rings is 1. The third-order valence-corrected chi connectivity index (χ3v) is 4.20. The summed E-state index contributed by atoms with van der Waals surface area (Å²) in [5.41, 5.74) is 1.65. The summed E-state index contributed by atoms with van der Waals surface area (Å²) < 4.78 is 5.91. The third-order valence-electron chi connectivity index (χ3n) is 3.51. The van der Waals surface area contributed by atoms with Crippen LogP contribution in [-0.4, -0.2) is 17.6 Å². The van der Waals surface area contributed by atoms with Crippen molar-refractivity contribution < 1.29 is 9.53 Å².